The lowest BCUT2D eigenvalue weighted by atomic mass is 9.93. The standard InChI is InChI=1S/C21H25ClF4NO4P/c22-16-4-5-18(23)15(11-16)2-1-9-30-19-6-3-14(10-17(19)21(24,25)26)7-8-20(27,12-28)13-31-32-29/h3-6,10-11,28H,1-2,7-9,12-13,27,32H2. The van der Waals surface area contributed by atoms with Crippen LogP contribution in [0.15, 0.2) is 36.4 Å². The summed E-state index contributed by atoms with van der Waals surface area (Å²) in [5.74, 6) is -0.761. The molecule has 2 aromatic carbocycles. The van der Waals surface area contributed by atoms with Gasteiger partial charge in [0.05, 0.1) is 30.9 Å². The van der Waals surface area contributed by atoms with Crippen molar-refractivity contribution in [1.82, 2.24) is 0 Å². The average Bonchev–Trinajstić information content (AvgIpc) is 2.75. The Hall–Kier alpha value is -1.64. The van der Waals surface area contributed by atoms with Crippen LogP contribution in [0.25, 0.3) is 0 Å². The van der Waals surface area contributed by atoms with Crippen molar-refractivity contribution in [2.24, 2.45) is 5.73 Å². The number of nitrogens with two attached hydrogens (primary N) is 1. The van der Waals surface area contributed by atoms with E-state index in [0.717, 1.165) is 6.07 Å². The molecule has 0 bridgehead atoms. The van der Waals surface area contributed by atoms with E-state index in [1.165, 1.54) is 30.3 Å². The highest BCUT2D eigenvalue weighted by Crippen LogP contribution is 2.37. The fourth-order valence-electron chi connectivity index (χ4n) is 3.05. The van der Waals surface area contributed by atoms with Crippen LogP contribution in [-0.4, -0.2) is 30.5 Å². The average molecular weight is 498 g/mol. The third kappa shape index (κ3) is 8.05. The van der Waals surface area contributed by atoms with Crippen molar-refractivity contribution in [3.05, 3.63) is 63.9 Å². The summed E-state index contributed by atoms with van der Waals surface area (Å²) in [7, 11) is -1.50. The Morgan fingerprint density at radius 1 is 1.12 bits per heavy atom. The molecule has 0 spiro atoms. The molecule has 0 saturated heterocycles. The van der Waals surface area contributed by atoms with E-state index in [9.17, 15) is 27.2 Å². The zero-order valence-corrected chi connectivity index (χ0v) is 19.0. The molecule has 0 heterocycles. The predicted molar refractivity (Wildman–Crippen MR) is 115 cm³/mol. The minimum Gasteiger partial charge on any atom is -0.493 e. The number of aliphatic hydroxyl groups excluding tert-OH is 1. The normalized spacial score (nSPS) is 14.1. The summed E-state index contributed by atoms with van der Waals surface area (Å²) in [6.45, 7) is -0.671. The summed E-state index contributed by atoms with van der Waals surface area (Å²) in [6, 6.07) is 7.82. The second-order valence-electron chi connectivity index (χ2n) is 7.44. The Bertz CT molecular complexity index is 916. The van der Waals surface area contributed by atoms with Crippen LogP contribution in [0, 0.1) is 5.82 Å². The van der Waals surface area contributed by atoms with Gasteiger partial charge in [-0.15, -0.1) is 0 Å². The van der Waals surface area contributed by atoms with Gasteiger partial charge in [0, 0.05) is 5.02 Å². The Kier molecular flexibility index (Phi) is 9.98. The summed E-state index contributed by atoms with van der Waals surface area (Å²) in [5.41, 5.74) is 4.52. The van der Waals surface area contributed by atoms with Gasteiger partial charge in [0.25, 0.3) is 0 Å². The van der Waals surface area contributed by atoms with Crippen molar-refractivity contribution < 1.29 is 36.5 Å². The molecule has 0 aromatic heterocycles. The molecule has 2 atom stereocenters. The Morgan fingerprint density at radius 2 is 1.88 bits per heavy atom. The van der Waals surface area contributed by atoms with Crippen molar-refractivity contribution >= 4 is 20.3 Å². The molecule has 5 nitrogen and oxygen atoms in total. The van der Waals surface area contributed by atoms with E-state index in [1.807, 2.05) is 0 Å². The van der Waals surface area contributed by atoms with Gasteiger partial charge < -0.3 is 20.1 Å². The maximum atomic E-state index is 13.7. The van der Waals surface area contributed by atoms with Crippen LogP contribution >= 0.6 is 20.3 Å². The van der Waals surface area contributed by atoms with E-state index in [2.05, 4.69) is 0 Å². The van der Waals surface area contributed by atoms with Gasteiger partial charge in [-0.2, -0.15) is 13.2 Å². The molecule has 0 amide bonds. The van der Waals surface area contributed by atoms with Gasteiger partial charge in [-0.1, -0.05) is 17.7 Å². The number of alkyl halides is 3. The second kappa shape index (κ2) is 12.0. The molecule has 0 aliphatic rings. The molecule has 2 unspecified atom stereocenters. The summed E-state index contributed by atoms with van der Waals surface area (Å²) < 4.78 is 75.0. The number of aliphatic hydroxyl groups is 1. The van der Waals surface area contributed by atoms with E-state index in [-0.39, 0.29) is 38.2 Å². The van der Waals surface area contributed by atoms with Crippen molar-refractivity contribution in [3.63, 3.8) is 0 Å². The molecule has 2 aromatic rings. The van der Waals surface area contributed by atoms with E-state index in [1.54, 1.807) is 0 Å². The van der Waals surface area contributed by atoms with E-state index < -0.39 is 38.4 Å². The molecular weight excluding hydrogens is 473 g/mol. The molecule has 0 aliphatic heterocycles. The molecule has 0 saturated carbocycles. The van der Waals surface area contributed by atoms with E-state index in [0.29, 0.717) is 22.6 Å². The predicted octanol–water partition coefficient (Wildman–Crippen LogP) is 4.82. The fourth-order valence-corrected chi connectivity index (χ4v) is 3.64. The van der Waals surface area contributed by atoms with Gasteiger partial charge in [0.1, 0.15) is 11.6 Å². The highest BCUT2D eigenvalue weighted by Gasteiger charge is 2.35. The van der Waals surface area contributed by atoms with Crippen LogP contribution in [0.3, 0.4) is 0 Å². The first kappa shape index (κ1) is 26.6. The Labute approximate surface area is 189 Å². The van der Waals surface area contributed by atoms with Crippen molar-refractivity contribution in [3.8, 4) is 5.75 Å². The first-order valence-corrected chi connectivity index (χ1v) is 11.1. The lowest BCUT2D eigenvalue weighted by Crippen LogP contribution is -2.47. The van der Waals surface area contributed by atoms with E-state index in [4.69, 9.17) is 26.6 Å². The van der Waals surface area contributed by atoms with Gasteiger partial charge in [0.15, 0.2) is 8.69 Å². The molecule has 0 aliphatic carbocycles. The highest BCUT2D eigenvalue weighted by atomic mass is 35.5. The highest BCUT2D eigenvalue weighted by molar-refractivity contribution is 7.17. The largest absolute Gasteiger partial charge is 0.493 e. The summed E-state index contributed by atoms with van der Waals surface area (Å²) in [5, 5.41) is 9.80. The van der Waals surface area contributed by atoms with Crippen molar-refractivity contribution in [2.75, 3.05) is 19.8 Å². The third-order valence-corrected chi connectivity index (χ3v) is 5.41. The zero-order valence-electron chi connectivity index (χ0n) is 17.1. The monoisotopic (exact) mass is 497 g/mol. The Balaban J connectivity index is 2.03. The number of aryl methyl sites for hydroxylation is 2. The summed E-state index contributed by atoms with van der Waals surface area (Å²) >= 11 is 5.83. The van der Waals surface area contributed by atoms with Gasteiger partial charge in [-0.3, -0.25) is 4.57 Å². The number of benzene rings is 2. The number of hydrogen-bond acceptors (Lipinski definition) is 5. The molecule has 0 radical (unpaired) electrons. The van der Waals surface area contributed by atoms with Gasteiger partial charge >= 0.3 is 6.18 Å². The quantitative estimate of drug-likeness (QED) is 0.250. The van der Waals surface area contributed by atoms with Crippen LogP contribution < -0.4 is 10.5 Å². The number of ether oxygens (including phenoxy) is 1. The summed E-state index contributed by atoms with van der Waals surface area (Å²) in [6.07, 6.45) is -3.81. The van der Waals surface area contributed by atoms with Crippen LogP contribution in [0.2, 0.25) is 5.02 Å². The molecule has 3 N–H and O–H groups in total. The first-order chi connectivity index (χ1) is 15.1. The van der Waals surface area contributed by atoms with Gasteiger partial charge in [-0.25, -0.2) is 4.39 Å². The number of rotatable bonds is 12. The minimum atomic E-state index is -4.64. The zero-order chi connectivity index (χ0) is 23.8. The number of hydrogen-bond donors (Lipinski definition) is 2. The van der Waals surface area contributed by atoms with Gasteiger partial charge in [0.2, 0.25) is 0 Å². The lowest BCUT2D eigenvalue weighted by Gasteiger charge is -2.26. The molecule has 11 heteroatoms. The molecule has 32 heavy (non-hydrogen) atoms. The first-order valence-electron chi connectivity index (χ1n) is 9.80. The topological polar surface area (TPSA) is 81.8 Å². The molecule has 178 valence electrons. The van der Waals surface area contributed by atoms with E-state index >= 15 is 0 Å². The lowest BCUT2D eigenvalue weighted by molar-refractivity contribution is -0.139. The second-order valence-corrected chi connectivity index (χ2v) is 8.41. The number of halogens is 5. The minimum absolute atomic E-state index is 0.0420. The van der Waals surface area contributed by atoms with Gasteiger partial charge in [-0.05, 0) is 67.1 Å². The van der Waals surface area contributed by atoms with Crippen LogP contribution in [0.5, 0.6) is 5.75 Å². The smallest absolute Gasteiger partial charge is 0.419 e. The molecule has 2 rings (SSSR count). The van der Waals surface area contributed by atoms with Crippen LogP contribution in [0.1, 0.15) is 29.5 Å². The van der Waals surface area contributed by atoms with Crippen LogP contribution in [-0.2, 0) is 28.1 Å². The molecule has 0 fully saturated rings. The molecular formula is C21H25ClF4NO4P. The van der Waals surface area contributed by atoms with Crippen LogP contribution in [0.4, 0.5) is 17.6 Å². The maximum Gasteiger partial charge on any atom is 0.419 e. The Morgan fingerprint density at radius 3 is 2.53 bits per heavy atom. The fraction of sp³-hybridized carbons (Fsp3) is 0.429. The SMILES string of the molecule is NC(CO)(CCc1ccc(OCCCc2cc(Cl)ccc2F)c(C(F)(F)F)c1)CO[PH2]=O. The van der Waals surface area contributed by atoms with Crippen molar-refractivity contribution in [2.45, 2.75) is 37.4 Å². The third-order valence-electron chi connectivity index (χ3n) is 4.87. The maximum absolute atomic E-state index is 13.7. The van der Waals surface area contributed by atoms with Crippen molar-refractivity contribution in [1.29, 1.82) is 0 Å². The summed E-state index contributed by atoms with van der Waals surface area (Å²) in [4.78, 5) is 0.